The van der Waals surface area contributed by atoms with Crippen LogP contribution in [0.2, 0.25) is 0 Å². The molecule has 0 aromatic heterocycles. The second-order valence-electron chi connectivity index (χ2n) is 6.21. The molecule has 104 valence electrons. The van der Waals surface area contributed by atoms with Crippen LogP contribution >= 0.6 is 0 Å². The van der Waals surface area contributed by atoms with Gasteiger partial charge in [-0.1, -0.05) is 43.7 Å². The van der Waals surface area contributed by atoms with E-state index in [2.05, 4.69) is 47.5 Å². The minimum Gasteiger partial charge on any atom is -0.311 e. The summed E-state index contributed by atoms with van der Waals surface area (Å²) in [5.41, 5.74) is 1.46. The zero-order chi connectivity index (χ0) is 13.1. The van der Waals surface area contributed by atoms with Crippen LogP contribution in [-0.4, -0.2) is 30.1 Å². The Labute approximate surface area is 117 Å². The third-order valence-corrected chi connectivity index (χ3v) is 4.60. The van der Waals surface area contributed by atoms with Gasteiger partial charge in [0.05, 0.1) is 0 Å². The molecule has 2 fully saturated rings. The Hall–Kier alpha value is -0.860. The Morgan fingerprint density at radius 3 is 2.68 bits per heavy atom. The first kappa shape index (κ1) is 13.1. The molecule has 0 radical (unpaired) electrons. The Morgan fingerprint density at radius 2 is 2.00 bits per heavy atom. The maximum atomic E-state index is 3.79. The molecule has 1 saturated heterocycles. The van der Waals surface area contributed by atoms with Crippen molar-refractivity contribution in [1.82, 2.24) is 10.2 Å². The first-order chi connectivity index (χ1) is 9.36. The highest BCUT2D eigenvalue weighted by atomic mass is 15.2. The van der Waals surface area contributed by atoms with E-state index < -0.39 is 0 Å². The van der Waals surface area contributed by atoms with Crippen molar-refractivity contribution >= 4 is 0 Å². The SMILES string of the molecule is CCCC1CNC(C2CC2)CN1Cc1ccccc1. The molecule has 1 saturated carbocycles. The van der Waals surface area contributed by atoms with Crippen molar-refractivity contribution in [3.05, 3.63) is 35.9 Å². The van der Waals surface area contributed by atoms with Crippen molar-refractivity contribution in [2.75, 3.05) is 13.1 Å². The lowest BCUT2D eigenvalue weighted by molar-refractivity contribution is 0.108. The fraction of sp³-hybridized carbons (Fsp3) is 0.647. The van der Waals surface area contributed by atoms with Crippen LogP contribution in [0.5, 0.6) is 0 Å². The van der Waals surface area contributed by atoms with Gasteiger partial charge in [-0.25, -0.2) is 0 Å². The fourth-order valence-electron chi connectivity index (χ4n) is 3.33. The van der Waals surface area contributed by atoms with E-state index in [-0.39, 0.29) is 0 Å². The van der Waals surface area contributed by atoms with Crippen LogP contribution in [-0.2, 0) is 6.54 Å². The monoisotopic (exact) mass is 258 g/mol. The Morgan fingerprint density at radius 1 is 1.21 bits per heavy atom. The van der Waals surface area contributed by atoms with Gasteiger partial charge in [0, 0.05) is 31.7 Å². The number of benzene rings is 1. The molecule has 1 aliphatic heterocycles. The molecule has 0 bridgehead atoms. The van der Waals surface area contributed by atoms with Crippen LogP contribution in [0.3, 0.4) is 0 Å². The second-order valence-corrected chi connectivity index (χ2v) is 6.21. The molecular weight excluding hydrogens is 232 g/mol. The second kappa shape index (κ2) is 6.06. The van der Waals surface area contributed by atoms with Crippen LogP contribution in [0.25, 0.3) is 0 Å². The summed E-state index contributed by atoms with van der Waals surface area (Å²) < 4.78 is 0. The van der Waals surface area contributed by atoms with Gasteiger partial charge in [0.2, 0.25) is 0 Å². The molecule has 1 heterocycles. The van der Waals surface area contributed by atoms with E-state index in [9.17, 15) is 0 Å². The van der Waals surface area contributed by atoms with Crippen LogP contribution in [0.4, 0.5) is 0 Å². The summed E-state index contributed by atoms with van der Waals surface area (Å²) in [5, 5.41) is 3.79. The van der Waals surface area contributed by atoms with Crippen molar-refractivity contribution < 1.29 is 0 Å². The topological polar surface area (TPSA) is 15.3 Å². The van der Waals surface area contributed by atoms with E-state index in [1.54, 1.807) is 0 Å². The van der Waals surface area contributed by atoms with Crippen molar-refractivity contribution in [2.24, 2.45) is 5.92 Å². The number of nitrogens with zero attached hydrogens (tertiary/aromatic N) is 1. The number of hydrogen-bond acceptors (Lipinski definition) is 2. The van der Waals surface area contributed by atoms with Gasteiger partial charge >= 0.3 is 0 Å². The van der Waals surface area contributed by atoms with Crippen LogP contribution in [0.1, 0.15) is 38.2 Å². The van der Waals surface area contributed by atoms with Gasteiger partial charge in [0.15, 0.2) is 0 Å². The lowest BCUT2D eigenvalue weighted by Gasteiger charge is -2.41. The van der Waals surface area contributed by atoms with Gasteiger partial charge in [0.1, 0.15) is 0 Å². The number of piperazine rings is 1. The highest BCUT2D eigenvalue weighted by molar-refractivity contribution is 5.15. The molecule has 0 amide bonds. The molecule has 1 aromatic rings. The summed E-state index contributed by atoms with van der Waals surface area (Å²) in [6.07, 6.45) is 5.48. The van der Waals surface area contributed by atoms with Gasteiger partial charge < -0.3 is 5.32 Å². The van der Waals surface area contributed by atoms with E-state index in [1.165, 1.54) is 44.3 Å². The molecule has 2 unspecified atom stereocenters. The predicted octanol–water partition coefficient (Wildman–Crippen LogP) is 3.04. The standard InChI is InChI=1S/C17H26N2/c1-2-6-16-11-18-17(15-9-10-15)13-19(16)12-14-7-4-3-5-8-14/h3-5,7-8,15-18H,2,6,9-13H2,1H3. The molecule has 0 spiro atoms. The summed E-state index contributed by atoms with van der Waals surface area (Å²) in [6, 6.07) is 12.4. The Balaban J connectivity index is 1.65. The molecule has 2 heteroatoms. The summed E-state index contributed by atoms with van der Waals surface area (Å²) in [5.74, 6) is 0.959. The summed E-state index contributed by atoms with van der Waals surface area (Å²) in [6.45, 7) is 5.84. The largest absolute Gasteiger partial charge is 0.311 e. The normalized spacial score (nSPS) is 28.5. The maximum absolute atomic E-state index is 3.79. The van der Waals surface area contributed by atoms with Gasteiger partial charge in [0.25, 0.3) is 0 Å². The van der Waals surface area contributed by atoms with E-state index in [0.29, 0.717) is 0 Å². The highest BCUT2D eigenvalue weighted by Gasteiger charge is 2.36. The summed E-state index contributed by atoms with van der Waals surface area (Å²) in [4.78, 5) is 2.72. The van der Waals surface area contributed by atoms with Crippen LogP contribution in [0.15, 0.2) is 30.3 Å². The third-order valence-electron chi connectivity index (χ3n) is 4.60. The van der Waals surface area contributed by atoms with Gasteiger partial charge in [-0.05, 0) is 30.7 Å². The molecular formula is C17H26N2. The first-order valence-corrected chi connectivity index (χ1v) is 7.88. The molecule has 2 atom stereocenters. The molecule has 3 rings (SSSR count). The van der Waals surface area contributed by atoms with Crippen LogP contribution in [0, 0.1) is 5.92 Å². The summed E-state index contributed by atoms with van der Waals surface area (Å²) in [7, 11) is 0. The highest BCUT2D eigenvalue weighted by Crippen LogP contribution is 2.34. The molecule has 2 nitrogen and oxygen atoms in total. The lowest BCUT2D eigenvalue weighted by atomic mass is 10.0. The third kappa shape index (κ3) is 3.37. The predicted molar refractivity (Wildman–Crippen MR) is 80.1 cm³/mol. The number of nitrogens with one attached hydrogen (secondary N) is 1. The molecule has 1 aliphatic carbocycles. The fourth-order valence-corrected chi connectivity index (χ4v) is 3.33. The molecule has 1 N–H and O–H groups in total. The quantitative estimate of drug-likeness (QED) is 0.873. The van der Waals surface area contributed by atoms with Gasteiger partial charge in [-0.3, -0.25) is 4.90 Å². The van der Waals surface area contributed by atoms with E-state index in [1.807, 2.05) is 0 Å². The zero-order valence-corrected chi connectivity index (χ0v) is 12.0. The first-order valence-electron chi connectivity index (χ1n) is 7.88. The van der Waals surface area contributed by atoms with Gasteiger partial charge in [-0.2, -0.15) is 0 Å². The molecule has 1 aromatic carbocycles. The number of hydrogen-bond donors (Lipinski definition) is 1. The molecule has 2 aliphatic rings. The molecule has 19 heavy (non-hydrogen) atoms. The van der Waals surface area contributed by atoms with Crippen molar-refractivity contribution in [1.29, 1.82) is 0 Å². The smallest absolute Gasteiger partial charge is 0.0237 e. The summed E-state index contributed by atoms with van der Waals surface area (Å²) >= 11 is 0. The van der Waals surface area contributed by atoms with E-state index in [0.717, 1.165) is 24.5 Å². The van der Waals surface area contributed by atoms with Gasteiger partial charge in [-0.15, -0.1) is 0 Å². The zero-order valence-electron chi connectivity index (χ0n) is 12.0. The Bertz CT molecular complexity index is 386. The van der Waals surface area contributed by atoms with Crippen molar-refractivity contribution in [2.45, 2.75) is 51.2 Å². The lowest BCUT2D eigenvalue weighted by Crippen LogP contribution is -2.56. The van der Waals surface area contributed by atoms with Crippen molar-refractivity contribution in [3.63, 3.8) is 0 Å². The number of rotatable bonds is 5. The van der Waals surface area contributed by atoms with Crippen molar-refractivity contribution in [3.8, 4) is 0 Å². The minimum absolute atomic E-state index is 0.722. The minimum atomic E-state index is 0.722. The van der Waals surface area contributed by atoms with Crippen LogP contribution < -0.4 is 5.32 Å². The average Bonchev–Trinajstić information content (AvgIpc) is 3.27. The average molecular weight is 258 g/mol. The maximum Gasteiger partial charge on any atom is 0.0237 e. The Kier molecular flexibility index (Phi) is 4.19. The van der Waals surface area contributed by atoms with E-state index in [4.69, 9.17) is 0 Å². The van der Waals surface area contributed by atoms with E-state index >= 15 is 0 Å².